The average Bonchev–Trinajstić information content (AvgIpc) is 3.46. The van der Waals surface area contributed by atoms with Crippen LogP contribution in [0.1, 0.15) is 66.3 Å². The van der Waals surface area contributed by atoms with Crippen LogP contribution >= 0.6 is 0 Å². The van der Waals surface area contributed by atoms with Crippen LogP contribution in [0.3, 0.4) is 0 Å². The van der Waals surface area contributed by atoms with Gasteiger partial charge in [0.25, 0.3) is 11.8 Å². The fourth-order valence-corrected chi connectivity index (χ4v) is 3.00. The molecule has 1 aromatic carbocycles. The molecule has 31 heavy (non-hydrogen) atoms. The van der Waals surface area contributed by atoms with Crippen LogP contribution in [0.4, 0.5) is 11.5 Å². The first-order chi connectivity index (χ1) is 14.9. The molecule has 0 spiro atoms. The lowest BCUT2D eigenvalue weighted by Gasteiger charge is -2.12. The lowest BCUT2D eigenvalue weighted by atomic mass is 10.1. The van der Waals surface area contributed by atoms with Crippen molar-refractivity contribution in [2.24, 2.45) is 4.99 Å². The van der Waals surface area contributed by atoms with Crippen molar-refractivity contribution in [3.05, 3.63) is 53.4 Å². The summed E-state index contributed by atoms with van der Waals surface area (Å²) in [5, 5.41) is 13.5. The SMILES string of the molecule is CC/C=C\N=C(C)n1ncc(C(=O)Nc2cc(C(=O)NC3CC3)ccc2C)c1NCC. The fourth-order valence-electron chi connectivity index (χ4n) is 3.00. The van der Waals surface area contributed by atoms with Crippen molar-refractivity contribution < 1.29 is 9.59 Å². The van der Waals surface area contributed by atoms with Crippen molar-refractivity contribution in [2.75, 3.05) is 17.2 Å². The highest BCUT2D eigenvalue weighted by molar-refractivity contribution is 6.09. The van der Waals surface area contributed by atoms with Crippen LogP contribution in [0.15, 0.2) is 41.7 Å². The number of allylic oxidation sites excluding steroid dienone is 1. The zero-order valence-corrected chi connectivity index (χ0v) is 18.5. The Morgan fingerprint density at radius 2 is 2.03 bits per heavy atom. The lowest BCUT2D eigenvalue weighted by Crippen LogP contribution is -2.25. The topological polar surface area (TPSA) is 100 Å². The van der Waals surface area contributed by atoms with E-state index in [1.54, 1.807) is 23.0 Å². The molecule has 3 rings (SSSR count). The number of hydrogen-bond donors (Lipinski definition) is 3. The van der Waals surface area contributed by atoms with Crippen molar-refractivity contribution in [1.29, 1.82) is 0 Å². The first kappa shape index (κ1) is 22.3. The molecule has 1 aromatic heterocycles. The number of nitrogens with zero attached hydrogens (tertiary/aromatic N) is 3. The number of anilines is 2. The zero-order chi connectivity index (χ0) is 22.4. The minimum atomic E-state index is -0.304. The molecule has 1 heterocycles. The van der Waals surface area contributed by atoms with Crippen LogP contribution in [-0.4, -0.2) is 40.0 Å². The first-order valence-corrected chi connectivity index (χ1v) is 10.7. The van der Waals surface area contributed by atoms with Crippen LogP contribution in [0.25, 0.3) is 0 Å². The molecular weight excluding hydrogens is 392 g/mol. The van der Waals surface area contributed by atoms with E-state index in [0.29, 0.717) is 35.0 Å². The molecule has 1 aliphatic rings. The Balaban J connectivity index is 1.83. The molecule has 0 unspecified atom stereocenters. The minimum absolute atomic E-state index is 0.119. The van der Waals surface area contributed by atoms with Crippen molar-refractivity contribution in [3.8, 4) is 0 Å². The molecule has 2 aromatic rings. The number of nitrogens with one attached hydrogen (secondary N) is 3. The summed E-state index contributed by atoms with van der Waals surface area (Å²) < 4.78 is 1.62. The van der Waals surface area contributed by atoms with E-state index in [2.05, 4.69) is 26.0 Å². The van der Waals surface area contributed by atoms with Gasteiger partial charge in [0.05, 0.1) is 6.20 Å². The summed E-state index contributed by atoms with van der Waals surface area (Å²) >= 11 is 0. The Hall–Kier alpha value is -3.42. The second-order valence-electron chi connectivity index (χ2n) is 7.55. The van der Waals surface area contributed by atoms with Gasteiger partial charge in [-0.15, -0.1) is 0 Å². The number of carbonyl (C=O) groups is 2. The number of aryl methyl sites for hydroxylation is 1. The smallest absolute Gasteiger partial charge is 0.261 e. The van der Waals surface area contributed by atoms with Crippen molar-refractivity contribution in [3.63, 3.8) is 0 Å². The summed E-state index contributed by atoms with van der Waals surface area (Å²) in [5.74, 6) is 0.800. The molecule has 2 amide bonds. The number of carbonyl (C=O) groups excluding carboxylic acids is 2. The van der Waals surface area contributed by atoms with Gasteiger partial charge in [-0.2, -0.15) is 5.10 Å². The molecule has 0 saturated heterocycles. The number of rotatable bonds is 8. The van der Waals surface area contributed by atoms with Crippen LogP contribution in [0.5, 0.6) is 0 Å². The quantitative estimate of drug-likeness (QED) is 0.443. The number of aliphatic imine (C=N–C) groups is 1. The Morgan fingerprint density at radius 1 is 1.26 bits per heavy atom. The van der Waals surface area contributed by atoms with E-state index in [4.69, 9.17) is 0 Å². The van der Waals surface area contributed by atoms with Gasteiger partial charge in [0.15, 0.2) is 0 Å². The molecule has 8 nitrogen and oxygen atoms in total. The molecule has 8 heteroatoms. The highest BCUT2D eigenvalue weighted by Crippen LogP contribution is 2.23. The average molecular weight is 423 g/mol. The van der Waals surface area contributed by atoms with Crippen molar-refractivity contribution in [2.45, 2.75) is 53.0 Å². The Bertz CT molecular complexity index is 1020. The number of hydrogen-bond acceptors (Lipinski definition) is 5. The minimum Gasteiger partial charge on any atom is -0.370 e. The Morgan fingerprint density at radius 3 is 2.71 bits per heavy atom. The Kier molecular flexibility index (Phi) is 7.23. The maximum atomic E-state index is 13.1. The lowest BCUT2D eigenvalue weighted by molar-refractivity contribution is 0.0949. The van der Waals surface area contributed by atoms with Crippen LogP contribution in [0.2, 0.25) is 0 Å². The van der Waals surface area contributed by atoms with Gasteiger partial charge >= 0.3 is 0 Å². The molecule has 1 fully saturated rings. The van der Waals surface area contributed by atoms with Gasteiger partial charge in [0, 0.05) is 30.0 Å². The molecule has 0 aliphatic heterocycles. The maximum Gasteiger partial charge on any atom is 0.261 e. The van der Waals surface area contributed by atoms with Gasteiger partial charge in [0.2, 0.25) is 0 Å². The summed E-state index contributed by atoms with van der Waals surface area (Å²) in [4.78, 5) is 29.8. The summed E-state index contributed by atoms with van der Waals surface area (Å²) in [6.45, 7) is 8.34. The highest BCUT2D eigenvalue weighted by atomic mass is 16.2. The molecule has 0 bridgehead atoms. The van der Waals surface area contributed by atoms with Gasteiger partial charge in [-0.1, -0.05) is 19.1 Å². The standard InChI is InChI=1S/C23H30N6O2/c1-5-7-12-25-16(4)29-21(24-6-2)19(14-26-29)23(31)28-20-13-17(9-8-15(20)3)22(30)27-18-10-11-18/h7-9,12-14,18,24H,5-6,10-11H2,1-4H3,(H,27,30)(H,28,31)/b12-7-,25-16?. The predicted molar refractivity (Wildman–Crippen MR) is 124 cm³/mol. The predicted octanol–water partition coefficient (Wildman–Crippen LogP) is 3.96. The highest BCUT2D eigenvalue weighted by Gasteiger charge is 2.24. The van der Waals surface area contributed by atoms with Gasteiger partial charge in [-0.25, -0.2) is 9.67 Å². The zero-order valence-electron chi connectivity index (χ0n) is 18.5. The molecule has 1 saturated carbocycles. The largest absolute Gasteiger partial charge is 0.370 e. The molecule has 1 aliphatic carbocycles. The number of amides is 2. The Labute approximate surface area is 182 Å². The van der Waals surface area contributed by atoms with Crippen molar-refractivity contribution >= 4 is 29.2 Å². The maximum absolute atomic E-state index is 13.1. The summed E-state index contributed by atoms with van der Waals surface area (Å²) in [6.07, 6.45) is 8.14. The summed E-state index contributed by atoms with van der Waals surface area (Å²) in [5.41, 5.74) is 2.40. The van der Waals surface area contributed by atoms with Crippen LogP contribution in [-0.2, 0) is 0 Å². The summed E-state index contributed by atoms with van der Waals surface area (Å²) in [7, 11) is 0. The molecule has 164 valence electrons. The second kappa shape index (κ2) is 10.1. The molecule has 0 radical (unpaired) electrons. The van der Waals surface area contributed by atoms with Crippen LogP contribution < -0.4 is 16.0 Å². The second-order valence-corrected chi connectivity index (χ2v) is 7.55. The number of aromatic nitrogens is 2. The third-order valence-electron chi connectivity index (χ3n) is 4.93. The third-order valence-corrected chi connectivity index (χ3v) is 4.93. The van der Waals surface area contributed by atoms with Gasteiger partial charge in [-0.3, -0.25) is 9.59 Å². The summed E-state index contributed by atoms with van der Waals surface area (Å²) in [6, 6.07) is 5.60. The molecule has 3 N–H and O–H groups in total. The van der Waals surface area contributed by atoms with Gasteiger partial charge in [-0.05, 0) is 57.7 Å². The molecular formula is C23H30N6O2. The normalized spacial score (nSPS) is 14.0. The van der Waals surface area contributed by atoms with E-state index in [1.165, 1.54) is 6.20 Å². The van der Waals surface area contributed by atoms with E-state index in [0.717, 1.165) is 24.8 Å². The third kappa shape index (κ3) is 5.59. The number of benzene rings is 1. The molecule has 0 atom stereocenters. The van der Waals surface area contributed by atoms with E-state index in [9.17, 15) is 9.59 Å². The van der Waals surface area contributed by atoms with Crippen molar-refractivity contribution in [1.82, 2.24) is 15.1 Å². The first-order valence-electron chi connectivity index (χ1n) is 10.7. The van der Waals surface area contributed by atoms with Crippen LogP contribution in [0, 0.1) is 6.92 Å². The monoisotopic (exact) mass is 422 g/mol. The fraction of sp³-hybridized carbons (Fsp3) is 0.391. The van der Waals surface area contributed by atoms with E-state index >= 15 is 0 Å². The van der Waals surface area contributed by atoms with E-state index < -0.39 is 0 Å². The van der Waals surface area contributed by atoms with E-state index in [1.807, 2.05) is 39.8 Å². The van der Waals surface area contributed by atoms with Gasteiger partial charge < -0.3 is 16.0 Å². The van der Waals surface area contributed by atoms with Gasteiger partial charge in [0.1, 0.15) is 17.2 Å². The van der Waals surface area contributed by atoms with E-state index in [-0.39, 0.29) is 17.9 Å².